The van der Waals surface area contributed by atoms with Crippen molar-refractivity contribution in [3.63, 3.8) is 0 Å². The molecular formula is C27H24N2O5. The molecule has 1 N–H and O–H groups in total. The third-order valence-electron chi connectivity index (χ3n) is 5.08. The summed E-state index contributed by atoms with van der Waals surface area (Å²) >= 11 is 0. The highest BCUT2D eigenvalue weighted by Crippen LogP contribution is 2.22. The fourth-order valence-electron chi connectivity index (χ4n) is 3.37. The summed E-state index contributed by atoms with van der Waals surface area (Å²) in [6.45, 7) is 0. The lowest BCUT2D eigenvalue weighted by molar-refractivity contribution is -0.134. The topological polar surface area (TPSA) is 90.7 Å². The number of carbonyl (C=O) groups excluding carboxylic acids is 2. The molecule has 1 heterocycles. The summed E-state index contributed by atoms with van der Waals surface area (Å²) in [6, 6.07) is 23.3. The van der Waals surface area contributed by atoms with E-state index in [1.54, 1.807) is 54.7 Å². The van der Waals surface area contributed by atoms with Gasteiger partial charge in [0.05, 0.1) is 18.9 Å². The molecule has 34 heavy (non-hydrogen) atoms. The number of amides is 1. The highest BCUT2D eigenvalue weighted by molar-refractivity contribution is 6.06. The first-order valence-electron chi connectivity index (χ1n) is 10.9. The van der Waals surface area contributed by atoms with Gasteiger partial charge < -0.3 is 19.2 Å². The van der Waals surface area contributed by atoms with E-state index in [0.717, 1.165) is 5.56 Å². The SMILES string of the molecule is COc1ccccc1C(=O)Nc1ccc(OC(=O)CCCc2ncc(-c3ccccc3)o2)cc1. The van der Waals surface area contributed by atoms with E-state index in [1.165, 1.54) is 7.11 Å². The Labute approximate surface area is 197 Å². The van der Waals surface area contributed by atoms with Gasteiger partial charge in [0.15, 0.2) is 11.7 Å². The summed E-state index contributed by atoms with van der Waals surface area (Å²) < 4.78 is 16.4. The number of para-hydroxylation sites is 1. The molecule has 0 aliphatic carbocycles. The third-order valence-corrected chi connectivity index (χ3v) is 5.08. The van der Waals surface area contributed by atoms with Gasteiger partial charge in [-0.25, -0.2) is 4.98 Å². The Bertz CT molecular complexity index is 1250. The molecule has 0 spiro atoms. The minimum atomic E-state index is -0.347. The molecule has 0 aliphatic heterocycles. The van der Waals surface area contributed by atoms with Crippen molar-refractivity contribution in [1.82, 2.24) is 4.98 Å². The second kappa shape index (κ2) is 11.0. The number of oxazole rings is 1. The van der Waals surface area contributed by atoms with Crippen LogP contribution in [0.25, 0.3) is 11.3 Å². The lowest BCUT2D eigenvalue weighted by atomic mass is 10.2. The predicted octanol–water partition coefficient (Wildman–Crippen LogP) is 5.53. The summed E-state index contributed by atoms with van der Waals surface area (Å²) in [5.74, 6) is 1.55. The number of rotatable bonds is 9. The van der Waals surface area contributed by atoms with Crippen molar-refractivity contribution in [3.05, 3.63) is 96.5 Å². The van der Waals surface area contributed by atoms with Crippen LogP contribution in [0.5, 0.6) is 11.5 Å². The van der Waals surface area contributed by atoms with Gasteiger partial charge in [-0.05, 0) is 42.8 Å². The smallest absolute Gasteiger partial charge is 0.311 e. The van der Waals surface area contributed by atoms with Gasteiger partial charge in [0, 0.05) is 24.1 Å². The number of aromatic nitrogens is 1. The molecular weight excluding hydrogens is 432 g/mol. The van der Waals surface area contributed by atoms with Crippen molar-refractivity contribution in [1.29, 1.82) is 0 Å². The molecule has 0 saturated heterocycles. The van der Waals surface area contributed by atoms with Crippen molar-refractivity contribution in [2.24, 2.45) is 0 Å². The Morgan fingerprint density at radius 3 is 2.44 bits per heavy atom. The molecule has 0 saturated carbocycles. The van der Waals surface area contributed by atoms with E-state index >= 15 is 0 Å². The molecule has 4 aromatic rings. The van der Waals surface area contributed by atoms with Gasteiger partial charge in [-0.2, -0.15) is 0 Å². The van der Waals surface area contributed by atoms with Crippen LogP contribution in [0.2, 0.25) is 0 Å². The first kappa shape index (κ1) is 22.8. The van der Waals surface area contributed by atoms with Crippen LogP contribution in [0.4, 0.5) is 5.69 Å². The number of carbonyl (C=O) groups is 2. The van der Waals surface area contributed by atoms with Crippen molar-refractivity contribution < 1.29 is 23.5 Å². The highest BCUT2D eigenvalue weighted by atomic mass is 16.5. The highest BCUT2D eigenvalue weighted by Gasteiger charge is 2.12. The standard InChI is InChI=1S/C27H24N2O5/c1-32-23-11-6-5-10-22(23)27(31)29-20-14-16-21(17-15-20)33-26(30)13-7-12-25-28-18-24(34-25)19-8-3-2-4-9-19/h2-6,8-11,14-18H,7,12-13H2,1H3,(H,29,31). The number of esters is 1. The fraction of sp³-hybridized carbons (Fsp3) is 0.148. The molecule has 7 nitrogen and oxygen atoms in total. The van der Waals surface area contributed by atoms with Crippen LogP contribution in [0, 0.1) is 0 Å². The van der Waals surface area contributed by atoms with Crippen molar-refractivity contribution in [3.8, 4) is 22.8 Å². The molecule has 1 aromatic heterocycles. The molecule has 3 aromatic carbocycles. The molecule has 0 unspecified atom stereocenters. The minimum Gasteiger partial charge on any atom is -0.496 e. The molecule has 0 radical (unpaired) electrons. The number of benzene rings is 3. The van der Waals surface area contributed by atoms with Gasteiger partial charge >= 0.3 is 5.97 Å². The van der Waals surface area contributed by atoms with Crippen LogP contribution < -0.4 is 14.8 Å². The van der Waals surface area contributed by atoms with Crippen LogP contribution >= 0.6 is 0 Å². The largest absolute Gasteiger partial charge is 0.496 e. The maximum Gasteiger partial charge on any atom is 0.311 e. The van der Waals surface area contributed by atoms with E-state index < -0.39 is 0 Å². The molecule has 4 rings (SSSR count). The maximum atomic E-state index is 12.5. The zero-order valence-electron chi connectivity index (χ0n) is 18.7. The molecule has 7 heteroatoms. The van der Waals surface area contributed by atoms with Crippen LogP contribution in [-0.4, -0.2) is 24.0 Å². The molecule has 0 fully saturated rings. The third kappa shape index (κ3) is 5.89. The van der Waals surface area contributed by atoms with Gasteiger partial charge in [0.2, 0.25) is 0 Å². The number of hydrogen-bond acceptors (Lipinski definition) is 6. The van der Waals surface area contributed by atoms with Crippen molar-refractivity contribution in [2.45, 2.75) is 19.3 Å². The molecule has 0 atom stereocenters. The van der Waals surface area contributed by atoms with Crippen LogP contribution in [0.15, 0.2) is 89.5 Å². The van der Waals surface area contributed by atoms with Gasteiger partial charge in [-0.15, -0.1) is 0 Å². The zero-order chi connectivity index (χ0) is 23.8. The quantitative estimate of drug-likeness (QED) is 0.263. The van der Waals surface area contributed by atoms with Crippen LogP contribution in [0.3, 0.4) is 0 Å². The van der Waals surface area contributed by atoms with E-state index in [2.05, 4.69) is 10.3 Å². The van der Waals surface area contributed by atoms with E-state index in [9.17, 15) is 9.59 Å². The zero-order valence-corrected chi connectivity index (χ0v) is 18.7. The average Bonchev–Trinajstić information content (AvgIpc) is 3.34. The summed E-state index contributed by atoms with van der Waals surface area (Å²) in [5.41, 5.74) is 1.97. The normalized spacial score (nSPS) is 10.5. The molecule has 172 valence electrons. The molecule has 0 aliphatic rings. The summed E-state index contributed by atoms with van der Waals surface area (Å²) in [5, 5.41) is 2.80. The monoisotopic (exact) mass is 456 g/mol. The van der Waals surface area contributed by atoms with Crippen molar-refractivity contribution in [2.75, 3.05) is 12.4 Å². The number of nitrogens with one attached hydrogen (secondary N) is 1. The minimum absolute atomic E-state index is 0.231. The lowest BCUT2D eigenvalue weighted by Gasteiger charge is -2.10. The Kier molecular flexibility index (Phi) is 7.35. The predicted molar refractivity (Wildman–Crippen MR) is 128 cm³/mol. The summed E-state index contributed by atoms with van der Waals surface area (Å²) in [4.78, 5) is 29.0. The number of nitrogens with zero attached hydrogens (tertiary/aromatic N) is 1. The first-order chi connectivity index (χ1) is 16.6. The second-order valence-electron chi connectivity index (χ2n) is 7.49. The summed E-state index contributed by atoms with van der Waals surface area (Å²) in [6.07, 6.45) is 3.02. The van der Waals surface area contributed by atoms with Gasteiger partial charge in [-0.3, -0.25) is 9.59 Å². The van der Waals surface area contributed by atoms with Crippen LogP contribution in [0.1, 0.15) is 29.1 Å². The van der Waals surface area contributed by atoms with Gasteiger partial charge in [-0.1, -0.05) is 42.5 Å². The molecule has 0 bridgehead atoms. The Balaban J connectivity index is 1.24. The van der Waals surface area contributed by atoms with Crippen molar-refractivity contribution >= 4 is 17.6 Å². The van der Waals surface area contributed by atoms with E-state index in [0.29, 0.717) is 47.2 Å². The number of hydrogen-bond donors (Lipinski definition) is 1. The Morgan fingerprint density at radius 2 is 1.68 bits per heavy atom. The number of anilines is 1. The number of ether oxygens (including phenoxy) is 2. The maximum absolute atomic E-state index is 12.5. The van der Waals surface area contributed by atoms with E-state index in [4.69, 9.17) is 13.9 Å². The number of methoxy groups -OCH3 is 1. The fourth-order valence-corrected chi connectivity index (χ4v) is 3.37. The molecule has 1 amide bonds. The van der Waals surface area contributed by atoms with Gasteiger partial charge in [0.25, 0.3) is 5.91 Å². The first-order valence-corrected chi connectivity index (χ1v) is 10.9. The van der Waals surface area contributed by atoms with E-state index in [1.807, 2.05) is 30.3 Å². The van der Waals surface area contributed by atoms with Crippen LogP contribution in [-0.2, 0) is 11.2 Å². The summed E-state index contributed by atoms with van der Waals surface area (Å²) in [7, 11) is 1.52. The Hall–Kier alpha value is -4.39. The Morgan fingerprint density at radius 1 is 0.941 bits per heavy atom. The number of aryl methyl sites for hydroxylation is 1. The lowest BCUT2D eigenvalue weighted by Crippen LogP contribution is -2.13. The van der Waals surface area contributed by atoms with E-state index in [-0.39, 0.29) is 18.3 Å². The average molecular weight is 456 g/mol. The van der Waals surface area contributed by atoms with Gasteiger partial charge in [0.1, 0.15) is 11.5 Å². The second-order valence-corrected chi connectivity index (χ2v) is 7.49.